The van der Waals surface area contributed by atoms with E-state index in [1.165, 1.54) is 10.5 Å². The van der Waals surface area contributed by atoms with Crippen molar-refractivity contribution in [3.8, 4) is 0 Å². The number of aromatic nitrogens is 1. The molecule has 2 heterocycles. The van der Waals surface area contributed by atoms with E-state index in [0.29, 0.717) is 44.6 Å². The predicted molar refractivity (Wildman–Crippen MR) is 113 cm³/mol. The molecule has 0 aromatic carbocycles. The summed E-state index contributed by atoms with van der Waals surface area (Å²) in [5.41, 5.74) is 0. The molecule has 0 spiro atoms. The quantitative estimate of drug-likeness (QED) is 0.566. The average Bonchev–Trinajstić information content (AvgIpc) is 2.69. The lowest BCUT2D eigenvalue weighted by Crippen LogP contribution is -2.44. The van der Waals surface area contributed by atoms with Gasteiger partial charge in [0.15, 0.2) is 0 Å². The van der Waals surface area contributed by atoms with Gasteiger partial charge in [-0.3, -0.25) is 4.90 Å². The third-order valence-corrected chi connectivity index (χ3v) is 6.68. The third kappa shape index (κ3) is 5.88. The molecule has 0 saturated carbocycles. The molecule has 1 saturated heterocycles. The molecule has 28 heavy (non-hydrogen) atoms. The lowest BCUT2D eigenvalue weighted by molar-refractivity contribution is 0.0730. The van der Waals surface area contributed by atoms with Crippen LogP contribution in [0.1, 0.15) is 13.8 Å². The minimum Gasteiger partial charge on any atom is -0.379 e. The predicted octanol–water partition coefficient (Wildman–Crippen LogP) is 2.21. The summed E-state index contributed by atoms with van der Waals surface area (Å²) in [6.07, 6.45) is 5.20. The van der Waals surface area contributed by atoms with Crippen LogP contribution in [0.5, 0.6) is 0 Å². The van der Waals surface area contributed by atoms with Crippen molar-refractivity contribution in [3.63, 3.8) is 0 Å². The van der Waals surface area contributed by atoms with Gasteiger partial charge in [-0.1, -0.05) is 26.0 Å². The standard InChI is InChI=1S/C20H32N4O3S/c1-5-9-23(10-6-2)19(17(3)4)16-22-20-8-7-18(15-21-20)28(25,26)24-11-13-27-14-12-24/h5-8,15,17,19H,1-2,9-14,16H2,3-4H3,(H,21,22). The molecule has 1 N–H and O–H groups in total. The summed E-state index contributed by atoms with van der Waals surface area (Å²) in [6.45, 7) is 15.9. The Balaban J connectivity index is 2.04. The summed E-state index contributed by atoms with van der Waals surface area (Å²) in [5.74, 6) is 1.08. The fourth-order valence-corrected chi connectivity index (χ4v) is 4.60. The molecule has 0 radical (unpaired) electrons. The van der Waals surface area contributed by atoms with E-state index in [4.69, 9.17) is 4.74 Å². The van der Waals surface area contributed by atoms with Gasteiger partial charge in [-0.25, -0.2) is 13.4 Å². The van der Waals surface area contributed by atoms with Crippen molar-refractivity contribution in [2.24, 2.45) is 5.92 Å². The van der Waals surface area contributed by atoms with Gasteiger partial charge in [0.2, 0.25) is 10.0 Å². The molecule has 156 valence electrons. The second-order valence-electron chi connectivity index (χ2n) is 7.12. The maximum Gasteiger partial charge on any atom is 0.244 e. The SMILES string of the molecule is C=CCN(CC=C)C(CNc1ccc(S(=O)(=O)N2CCOCC2)cn1)C(C)C. The van der Waals surface area contributed by atoms with E-state index >= 15 is 0 Å². The van der Waals surface area contributed by atoms with Gasteiger partial charge in [0.25, 0.3) is 0 Å². The molecule has 0 bridgehead atoms. The summed E-state index contributed by atoms with van der Waals surface area (Å²) < 4.78 is 32.0. The molecule has 0 amide bonds. The molecule has 1 aromatic heterocycles. The Hall–Kier alpha value is -1.74. The second kappa shape index (κ2) is 10.7. The highest BCUT2D eigenvalue weighted by Gasteiger charge is 2.26. The molecule has 1 atom stereocenters. The number of hydrogen-bond donors (Lipinski definition) is 1. The van der Waals surface area contributed by atoms with Crippen LogP contribution >= 0.6 is 0 Å². The van der Waals surface area contributed by atoms with Crippen LogP contribution in [0.2, 0.25) is 0 Å². The third-order valence-electron chi connectivity index (χ3n) is 4.80. The highest BCUT2D eigenvalue weighted by molar-refractivity contribution is 7.89. The minimum atomic E-state index is -3.52. The van der Waals surface area contributed by atoms with E-state index in [-0.39, 0.29) is 10.9 Å². The van der Waals surface area contributed by atoms with Crippen molar-refractivity contribution in [1.29, 1.82) is 0 Å². The summed E-state index contributed by atoms with van der Waals surface area (Å²) in [4.78, 5) is 6.82. The van der Waals surface area contributed by atoms with Crippen LogP contribution in [-0.2, 0) is 14.8 Å². The Morgan fingerprint density at radius 2 is 1.89 bits per heavy atom. The van der Waals surface area contributed by atoms with E-state index in [1.807, 2.05) is 12.2 Å². The maximum absolute atomic E-state index is 12.7. The largest absolute Gasteiger partial charge is 0.379 e. The van der Waals surface area contributed by atoms with Gasteiger partial charge >= 0.3 is 0 Å². The van der Waals surface area contributed by atoms with Crippen LogP contribution in [0.25, 0.3) is 0 Å². The maximum atomic E-state index is 12.7. The molecule has 2 rings (SSSR count). The zero-order valence-electron chi connectivity index (χ0n) is 16.9. The van der Waals surface area contributed by atoms with Gasteiger partial charge in [0.1, 0.15) is 10.7 Å². The average molecular weight is 409 g/mol. The Kier molecular flexibility index (Phi) is 8.62. The molecule has 0 aliphatic carbocycles. The van der Waals surface area contributed by atoms with Gasteiger partial charge in [0.05, 0.1) is 13.2 Å². The number of anilines is 1. The summed E-state index contributed by atoms with van der Waals surface area (Å²) in [7, 11) is -3.52. The van der Waals surface area contributed by atoms with Gasteiger partial charge in [0, 0.05) is 45.0 Å². The van der Waals surface area contributed by atoms with E-state index in [9.17, 15) is 8.42 Å². The minimum absolute atomic E-state index is 0.209. The number of hydrogen-bond acceptors (Lipinski definition) is 6. The van der Waals surface area contributed by atoms with Crippen molar-refractivity contribution in [2.45, 2.75) is 24.8 Å². The van der Waals surface area contributed by atoms with Crippen molar-refractivity contribution in [2.75, 3.05) is 51.3 Å². The first-order chi connectivity index (χ1) is 13.4. The van der Waals surface area contributed by atoms with Crippen molar-refractivity contribution < 1.29 is 13.2 Å². The number of rotatable bonds is 11. The summed E-state index contributed by atoms with van der Waals surface area (Å²) >= 11 is 0. The first-order valence-corrected chi connectivity index (χ1v) is 11.1. The molecule has 7 nitrogen and oxygen atoms in total. The first kappa shape index (κ1) is 22.5. The second-order valence-corrected chi connectivity index (χ2v) is 9.06. The zero-order valence-corrected chi connectivity index (χ0v) is 17.7. The fourth-order valence-electron chi connectivity index (χ4n) is 3.25. The van der Waals surface area contributed by atoms with Crippen molar-refractivity contribution in [3.05, 3.63) is 43.6 Å². The van der Waals surface area contributed by atoms with E-state index in [1.54, 1.807) is 12.1 Å². The molecule has 1 unspecified atom stereocenters. The van der Waals surface area contributed by atoms with Gasteiger partial charge in [-0.2, -0.15) is 4.31 Å². The van der Waals surface area contributed by atoms with Gasteiger partial charge in [-0.05, 0) is 18.1 Å². The van der Waals surface area contributed by atoms with Crippen LogP contribution in [0.15, 0.2) is 48.5 Å². The highest BCUT2D eigenvalue weighted by Crippen LogP contribution is 2.18. The Labute approximate surface area is 169 Å². The summed E-state index contributed by atoms with van der Waals surface area (Å²) in [5, 5.41) is 3.33. The molecule has 1 fully saturated rings. The number of sulfonamides is 1. The van der Waals surface area contributed by atoms with Gasteiger partial charge in [-0.15, -0.1) is 13.2 Å². The summed E-state index contributed by atoms with van der Waals surface area (Å²) in [6, 6.07) is 3.60. The number of morpholine rings is 1. The monoisotopic (exact) mass is 408 g/mol. The smallest absolute Gasteiger partial charge is 0.244 e. The van der Waals surface area contributed by atoms with E-state index in [2.05, 4.69) is 42.2 Å². The lowest BCUT2D eigenvalue weighted by Gasteiger charge is -2.33. The fraction of sp³-hybridized carbons (Fsp3) is 0.550. The van der Waals surface area contributed by atoms with Crippen LogP contribution < -0.4 is 5.32 Å². The van der Waals surface area contributed by atoms with Crippen LogP contribution in [0.3, 0.4) is 0 Å². The van der Waals surface area contributed by atoms with Crippen LogP contribution in [0, 0.1) is 5.92 Å². The molecule has 1 aliphatic rings. The number of pyridine rings is 1. The number of ether oxygens (including phenoxy) is 1. The topological polar surface area (TPSA) is 74.8 Å². The Morgan fingerprint density at radius 1 is 1.25 bits per heavy atom. The number of nitrogens with zero attached hydrogens (tertiary/aromatic N) is 3. The van der Waals surface area contributed by atoms with Gasteiger partial charge < -0.3 is 10.1 Å². The van der Waals surface area contributed by atoms with E-state index in [0.717, 1.165) is 13.1 Å². The Morgan fingerprint density at radius 3 is 2.39 bits per heavy atom. The van der Waals surface area contributed by atoms with Crippen molar-refractivity contribution in [1.82, 2.24) is 14.2 Å². The highest BCUT2D eigenvalue weighted by atomic mass is 32.2. The van der Waals surface area contributed by atoms with Crippen LogP contribution in [0.4, 0.5) is 5.82 Å². The number of nitrogens with one attached hydrogen (secondary N) is 1. The van der Waals surface area contributed by atoms with E-state index < -0.39 is 10.0 Å². The molecule has 1 aliphatic heterocycles. The lowest BCUT2D eigenvalue weighted by atomic mass is 10.0. The first-order valence-electron chi connectivity index (χ1n) is 9.63. The molecule has 1 aromatic rings. The Bertz CT molecular complexity index is 718. The van der Waals surface area contributed by atoms with Crippen molar-refractivity contribution >= 4 is 15.8 Å². The normalized spacial score (nSPS) is 16.9. The molecular weight excluding hydrogens is 376 g/mol. The molecule has 8 heteroatoms. The van der Waals surface area contributed by atoms with Crippen LogP contribution in [-0.4, -0.2) is 74.6 Å². The molecular formula is C20H32N4O3S. The zero-order chi connectivity index (χ0) is 20.6.